The van der Waals surface area contributed by atoms with Crippen molar-refractivity contribution in [2.75, 3.05) is 39.4 Å². The predicted molar refractivity (Wildman–Crippen MR) is 129 cm³/mol. The number of hydrogen-bond acceptors (Lipinski definition) is 5. The van der Waals surface area contributed by atoms with E-state index in [1.807, 2.05) is 30.0 Å². The van der Waals surface area contributed by atoms with Crippen molar-refractivity contribution in [3.8, 4) is 0 Å². The maximum Gasteiger partial charge on any atom is 0.253 e. The van der Waals surface area contributed by atoms with Crippen LogP contribution in [0, 0.1) is 12.8 Å². The molecule has 0 spiro atoms. The van der Waals surface area contributed by atoms with E-state index in [-0.39, 0.29) is 10.8 Å². The number of aryl methyl sites for hydroxylation is 1. The number of carbonyl (C=O) groups is 1. The first-order chi connectivity index (χ1) is 16.4. The Morgan fingerprint density at radius 2 is 1.68 bits per heavy atom. The number of carbonyl (C=O) groups excluding carboxylic acids is 1. The summed E-state index contributed by atoms with van der Waals surface area (Å²) in [4.78, 5) is 19.8. The minimum Gasteiger partial charge on any atom is -0.379 e. The molecule has 2 fully saturated rings. The second-order valence-electron chi connectivity index (χ2n) is 9.03. The highest BCUT2D eigenvalue weighted by atomic mass is 32.2. The summed E-state index contributed by atoms with van der Waals surface area (Å²) in [7, 11) is -3.56. The third kappa shape index (κ3) is 4.47. The van der Waals surface area contributed by atoms with Crippen LogP contribution < -0.4 is 0 Å². The molecule has 2 saturated heterocycles. The highest BCUT2D eigenvalue weighted by Gasteiger charge is 2.28. The van der Waals surface area contributed by atoms with Gasteiger partial charge in [0.1, 0.15) is 5.82 Å². The van der Waals surface area contributed by atoms with Crippen LogP contribution in [0.4, 0.5) is 0 Å². The van der Waals surface area contributed by atoms with Gasteiger partial charge < -0.3 is 14.2 Å². The Labute approximate surface area is 200 Å². The monoisotopic (exact) mass is 482 g/mol. The molecule has 0 N–H and O–H groups in total. The molecule has 0 bridgehead atoms. The fourth-order valence-electron chi connectivity index (χ4n) is 4.89. The number of aromatic nitrogens is 2. The van der Waals surface area contributed by atoms with Crippen LogP contribution in [0.5, 0.6) is 0 Å². The van der Waals surface area contributed by atoms with Gasteiger partial charge in [0.05, 0.1) is 29.1 Å². The van der Waals surface area contributed by atoms with Crippen LogP contribution in [-0.4, -0.2) is 72.5 Å². The zero-order valence-corrected chi connectivity index (χ0v) is 20.2. The normalized spacial score (nSPS) is 18.4. The number of sulfonamides is 1. The minimum atomic E-state index is -3.56. The number of nitrogens with zero attached hydrogens (tertiary/aromatic N) is 4. The van der Waals surface area contributed by atoms with Crippen molar-refractivity contribution < 1.29 is 17.9 Å². The zero-order chi connectivity index (χ0) is 23.7. The lowest BCUT2D eigenvalue weighted by atomic mass is 9.96. The SMILES string of the molecule is Cc1nc2ccccc2n1CC1CCN(C(=O)c2ccc(S(=O)(=O)N3CCOCC3)cc2)CC1. The second kappa shape index (κ2) is 9.48. The number of hydrogen-bond donors (Lipinski definition) is 0. The standard InChI is InChI=1S/C25H30N4O4S/c1-19-26-23-4-2-3-5-24(23)29(19)18-20-10-12-27(13-11-20)25(30)21-6-8-22(9-7-21)34(31,32)28-14-16-33-17-15-28/h2-9,20H,10-18H2,1H3. The lowest BCUT2D eigenvalue weighted by Gasteiger charge is -2.32. The van der Waals surface area contributed by atoms with E-state index in [2.05, 4.69) is 15.6 Å². The van der Waals surface area contributed by atoms with Gasteiger partial charge in [-0.2, -0.15) is 4.31 Å². The van der Waals surface area contributed by atoms with Crippen molar-refractivity contribution in [1.29, 1.82) is 0 Å². The Morgan fingerprint density at radius 3 is 2.38 bits per heavy atom. The third-order valence-electron chi connectivity index (χ3n) is 6.90. The first-order valence-electron chi connectivity index (χ1n) is 11.8. The summed E-state index contributed by atoms with van der Waals surface area (Å²) >= 11 is 0. The molecule has 0 radical (unpaired) electrons. The molecule has 1 aromatic heterocycles. The number of benzene rings is 2. The molecule has 180 valence electrons. The Bertz CT molecular complexity index is 1270. The molecule has 1 amide bonds. The smallest absolute Gasteiger partial charge is 0.253 e. The van der Waals surface area contributed by atoms with Gasteiger partial charge >= 0.3 is 0 Å². The largest absolute Gasteiger partial charge is 0.379 e. The van der Waals surface area contributed by atoms with Gasteiger partial charge in [-0.3, -0.25) is 4.79 Å². The maximum atomic E-state index is 13.0. The molecule has 0 saturated carbocycles. The fraction of sp³-hybridized carbons (Fsp3) is 0.440. The van der Waals surface area contributed by atoms with E-state index in [1.54, 1.807) is 12.1 Å². The lowest BCUT2D eigenvalue weighted by Crippen LogP contribution is -2.40. The van der Waals surface area contributed by atoms with Crippen molar-refractivity contribution in [3.05, 3.63) is 59.9 Å². The van der Waals surface area contributed by atoms with E-state index in [9.17, 15) is 13.2 Å². The Balaban J connectivity index is 1.20. The van der Waals surface area contributed by atoms with Crippen molar-refractivity contribution in [2.24, 2.45) is 5.92 Å². The van der Waals surface area contributed by atoms with Crippen LogP contribution in [0.15, 0.2) is 53.4 Å². The lowest BCUT2D eigenvalue weighted by molar-refractivity contribution is 0.0683. The molecule has 2 aliphatic heterocycles. The van der Waals surface area contributed by atoms with Crippen LogP contribution in [0.3, 0.4) is 0 Å². The molecule has 34 heavy (non-hydrogen) atoms. The Kier molecular flexibility index (Phi) is 6.42. The van der Waals surface area contributed by atoms with Crippen molar-refractivity contribution in [1.82, 2.24) is 18.8 Å². The molecule has 3 heterocycles. The van der Waals surface area contributed by atoms with Gasteiger partial charge in [0.15, 0.2) is 0 Å². The van der Waals surface area contributed by atoms with E-state index < -0.39 is 10.0 Å². The van der Waals surface area contributed by atoms with Crippen molar-refractivity contribution in [3.63, 3.8) is 0 Å². The van der Waals surface area contributed by atoms with Crippen LogP contribution >= 0.6 is 0 Å². The van der Waals surface area contributed by atoms with Gasteiger partial charge in [-0.15, -0.1) is 0 Å². The summed E-state index contributed by atoms with van der Waals surface area (Å²) in [5.41, 5.74) is 2.70. The first-order valence-corrected chi connectivity index (χ1v) is 13.3. The predicted octanol–water partition coefficient (Wildman–Crippen LogP) is 2.92. The quantitative estimate of drug-likeness (QED) is 0.558. The van der Waals surface area contributed by atoms with Gasteiger partial charge in [-0.25, -0.2) is 13.4 Å². The summed E-state index contributed by atoms with van der Waals surface area (Å²) in [6.07, 6.45) is 1.86. The molecule has 0 aliphatic carbocycles. The highest BCUT2D eigenvalue weighted by Crippen LogP contribution is 2.25. The zero-order valence-electron chi connectivity index (χ0n) is 19.4. The third-order valence-corrected chi connectivity index (χ3v) is 8.81. The molecule has 9 heteroatoms. The first kappa shape index (κ1) is 23.0. The number of morpholine rings is 1. The van der Waals surface area contributed by atoms with Crippen LogP contribution in [0.25, 0.3) is 11.0 Å². The number of ether oxygens (including phenoxy) is 1. The minimum absolute atomic E-state index is 0.0435. The number of piperidine rings is 1. The number of likely N-dealkylation sites (tertiary alicyclic amines) is 1. The van der Waals surface area contributed by atoms with Gasteiger partial charge in [0.25, 0.3) is 5.91 Å². The number of fused-ring (bicyclic) bond motifs is 1. The molecule has 2 aromatic carbocycles. The number of amides is 1. The summed E-state index contributed by atoms with van der Waals surface area (Å²) in [6, 6.07) is 14.5. The van der Waals surface area contributed by atoms with E-state index in [0.717, 1.165) is 36.2 Å². The molecule has 0 unspecified atom stereocenters. The Morgan fingerprint density at radius 1 is 1.00 bits per heavy atom. The van der Waals surface area contributed by atoms with E-state index in [1.165, 1.54) is 16.4 Å². The highest BCUT2D eigenvalue weighted by molar-refractivity contribution is 7.89. The van der Waals surface area contributed by atoms with Gasteiger partial charge in [-0.05, 0) is 62.1 Å². The van der Waals surface area contributed by atoms with Crippen molar-refractivity contribution in [2.45, 2.75) is 31.2 Å². The summed E-state index contributed by atoms with van der Waals surface area (Å²) < 4.78 is 34.6. The molecule has 8 nitrogen and oxygen atoms in total. The summed E-state index contributed by atoms with van der Waals surface area (Å²) in [6.45, 7) is 5.86. The molecular weight excluding hydrogens is 452 g/mol. The molecule has 0 atom stereocenters. The second-order valence-corrected chi connectivity index (χ2v) is 11.0. The topological polar surface area (TPSA) is 84.7 Å². The fourth-order valence-corrected chi connectivity index (χ4v) is 6.30. The van der Waals surface area contributed by atoms with Crippen LogP contribution in [0.1, 0.15) is 29.0 Å². The number of para-hydroxylation sites is 2. The average Bonchev–Trinajstić information content (AvgIpc) is 3.19. The van der Waals surface area contributed by atoms with Crippen molar-refractivity contribution >= 4 is 27.0 Å². The van der Waals surface area contributed by atoms with E-state index in [0.29, 0.717) is 50.9 Å². The number of rotatable bonds is 5. The van der Waals surface area contributed by atoms with Crippen LogP contribution in [-0.2, 0) is 21.3 Å². The average molecular weight is 483 g/mol. The van der Waals surface area contributed by atoms with Crippen LogP contribution in [0.2, 0.25) is 0 Å². The Hall–Kier alpha value is -2.75. The van der Waals surface area contributed by atoms with E-state index >= 15 is 0 Å². The van der Waals surface area contributed by atoms with Gasteiger partial charge in [0, 0.05) is 38.3 Å². The molecule has 3 aromatic rings. The molecular formula is C25H30N4O4S. The summed E-state index contributed by atoms with van der Waals surface area (Å²) in [5, 5.41) is 0. The number of imidazole rings is 1. The van der Waals surface area contributed by atoms with E-state index in [4.69, 9.17) is 4.74 Å². The summed E-state index contributed by atoms with van der Waals surface area (Å²) in [5.74, 6) is 1.46. The van der Waals surface area contributed by atoms with Gasteiger partial charge in [-0.1, -0.05) is 12.1 Å². The maximum absolute atomic E-state index is 13.0. The van der Waals surface area contributed by atoms with Gasteiger partial charge in [0.2, 0.25) is 10.0 Å². The molecule has 2 aliphatic rings. The molecule has 5 rings (SSSR count).